The molecular formula is C16H13BrO5. The molecule has 2 aromatic rings. The molecule has 0 heterocycles. The molecule has 114 valence electrons. The molecule has 0 atom stereocenters. The van der Waals surface area contributed by atoms with Crippen molar-refractivity contribution in [3.63, 3.8) is 0 Å². The van der Waals surface area contributed by atoms with Crippen LogP contribution < -0.4 is 4.74 Å². The van der Waals surface area contributed by atoms with Crippen LogP contribution in [0.4, 0.5) is 0 Å². The van der Waals surface area contributed by atoms with Gasteiger partial charge in [0.1, 0.15) is 17.1 Å². The monoisotopic (exact) mass is 364 g/mol. The number of hydrogen-bond donors (Lipinski definition) is 1. The van der Waals surface area contributed by atoms with E-state index in [9.17, 15) is 14.7 Å². The van der Waals surface area contributed by atoms with Crippen molar-refractivity contribution in [2.45, 2.75) is 0 Å². The molecule has 0 aliphatic heterocycles. The maximum Gasteiger partial charge on any atom is 0.342 e. The number of methoxy groups -OCH3 is 1. The molecule has 0 saturated heterocycles. The van der Waals surface area contributed by atoms with Crippen molar-refractivity contribution < 1.29 is 24.2 Å². The molecule has 0 saturated carbocycles. The summed E-state index contributed by atoms with van der Waals surface area (Å²) in [5.74, 6) is -0.964. The first-order chi connectivity index (χ1) is 10.5. The van der Waals surface area contributed by atoms with E-state index in [2.05, 4.69) is 15.9 Å². The molecule has 1 N–H and O–H groups in total. The number of benzene rings is 2. The molecule has 2 aromatic carbocycles. The molecule has 6 heteroatoms. The summed E-state index contributed by atoms with van der Waals surface area (Å²) in [6.45, 7) is -0.439. The van der Waals surface area contributed by atoms with Gasteiger partial charge in [0.15, 0.2) is 6.61 Å². The van der Waals surface area contributed by atoms with E-state index < -0.39 is 12.6 Å². The fourth-order valence-corrected chi connectivity index (χ4v) is 2.19. The minimum absolute atomic E-state index is 0.0119. The van der Waals surface area contributed by atoms with Crippen molar-refractivity contribution in [3.05, 3.63) is 58.1 Å². The van der Waals surface area contributed by atoms with E-state index in [-0.39, 0.29) is 17.1 Å². The minimum Gasteiger partial charge on any atom is -0.507 e. The lowest BCUT2D eigenvalue weighted by molar-refractivity contribution is 0.0471. The van der Waals surface area contributed by atoms with Crippen LogP contribution in [0.15, 0.2) is 46.9 Å². The molecule has 0 aliphatic rings. The van der Waals surface area contributed by atoms with Gasteiger partial charge >= 0.3 is 5.97 Å². The fourth-order valence-electron chi connectivity index (χ4n) is 1.83. The fraction of sp³-hybridized carbons (Fsp3) is 0.125. The smallest absolute Gasteiger partial charge is 0.342 e. The third-order valence-electron chi connectivity index (χ3n) is 2.92. The molecule has 0 amide bonds. The van der Waals surface area contributed by atoms with Crippen LogP contribution in [0, 0.1) is 0 Å². The molecule has 22 heavy (non-hydrogen) atoms. The zero-order valence-electron chi connectivity index (χ0n) is 11.7. The summed E-state index contributed by atoms with van der Waals surface area (Å²) >= 11 is 3.20. The van der Waals surface area contributed by atoms with Crippen LogP contribution in [0.3, 0.4) is 0 Å². The van der Waals surface area contributed by atoms with Gasteiger partial charge in [-0.25, -0.2) is 4.79 Å². The van der Waals surface area contributed by atoms with Crippen LogP contribution >= 0.6 is 15.9 Å². The summed E-state index contributed by atoms with van der Waals surface area (Å²) in [5.41, 5.74) is 0.318. The third-order valence-corrected chi connectivity index (χ3v) is 3.41. The number of phenolic OH excluding ortho intramolecular Hbond substituents is 1. The van der Waals surface area contributed by atoms with Gasteiger partial charge in [-0.15, -0.1) is 0 Å². The maximum atomic E-state index is 12.1. The summed E-state index contributed by atoms with van der Waals surface area (Å²) < 4.78 is 10.7. The molecule has 0 spiro atoms. The Balaban J connectivity index is 2.08. The predicted molar refractivity (Wildman–Crippen MR) is 83.4 cm³/mol. The Hall–Kier alpha value is -2.34. The minimum atomic E-state index is -0.776. The first-order valence-corrected chi connectivity index (χ1v) is 7.14. The zero-order chi connectivity index (χ0) is 16.1. The molecular weight excluding hydrogens is 352 g/mol. The van der Waals surface area contributed by atoms with Crippen LogP contribution in [0.2, 0.25) is 0 Å². The van der Waals surface area contributed by atoms with Crippen molar-refractivity contribution >= 4 is 27.7 Å². The van der Waals surface area contributed by atoms with E-state index in [1.54, 1.807) is 30.3 Å². The van der Waals surface area contributed by atoms with Gasteiger partial charge in [-0.1, -0.05) is 28.1 Å². The second kappa shape index (κ2) is 7.09. The number of halogens is 1. The number of esters is 1. The number of carbonyl (C=O) groups is 2. The number of aromatic hydroxyl groups is 1. The van der Waals surface area contributed by atoms with Crippen molar-refractivity contribution in [1.82, 2.24) is 0 Å². The number of carbonyl (C=O) groups excluding carboxylic acids is 2. The molecule has 0 fully saturated rings. The SMILES string of the molecule is COc1ccccc1C(=O)COC(=O)c1cc(Br)ccc1O. The number of hydrogen-bond acceptors (Lipinski definition) is 5. The quantitative estimate of drug-likeness (QED) is 0.651. The van der Waals surface area contributed by atoms with E-state index >= 15 is 0 Å². The second-order valence-electron chi connectivity index (χ2n) is 4.36. The van der Waals surface area contributed by atoms with Crippen LogP contribution in [0.25, 0.3) is 0 Å². The maximum absolute atomic E-state index is 12.1. The Kier molecular flexibility index (Phi) is 5.16. The van der Waals surface area contributed by atoms with Crippen LogP contribution in [0.1, 0.15) is 20.7 Å². The Morgan fingerprint density at radius 2 is 1.86 bits per heavy atom. The number of rotatable bonds is 5. The average Bonchev–Trinajstić information content (AvgIpc) is 2.54. The summed E-state index contributed by atoms with van der Waals surface area (Å²) in [4.78, 5) is 24.0. The Morgan fingerprint density at radius 3 is 2.59 bits per heavy atom. The van der Waals surface area contributed by atoms with Crippen molar-refractivity contribution in [3.8, 4) is 11.5 Å². The highest BCUT2D eigenvalue weighted by atomic mass is 79.9. The lowest BCUT2D eigenvalue weighted by atomic mass is 10.1. The van der Waals surface area contributed by atoms with Crippen LogP contribution in [-0.2, 0) is 4.74 Å². The van der Waals surface area contributed by atoms with Crippen molar-refractivity contribution in [2.75, 3.05) is 13.7 Å². The summed E-state index contributed by atoms with van der Waals surface area (Å²) in [5, 5.41) is 9.64. The molecule has 0 aromatic heterocycles. The van der Waals surface area contributed by atoms with E-state index in [1.165, 1.54) is 19.2 Å². The highest BCUT2D eigenvalue weighted by molar-refractivity contribution is 9.10. The first kappa shape index (κ1) is 16.0. The summed E-state index contributed by atoms with van der Waals surface area (Å²) in [6.07, 6.45) is 0. The van der Waals surface area contributed by atoms with Gasteiger partial charge < -0.3 is 14.6 Å². The first-order valence-electron chi connectivity index (χ1n) is 6.34. The normalized spacial score (nSPS) is 10.1. The zero-order valence-corrected chi connectivity index (χ0v) is 13.3. The molecule has 5 nitrogen and oxygen atoms in total. The van der Waals surface area contributed by atoms with Gasteiger partial charge in [-0.05, 0) is 30.3 Å². The van der Waals surface area contributed by atoms with Gasteiger partial charge in [-0.3, -0.25) is 4.79 Å². The summed E-state index contributed by atoms with van der Waals surface area (Å²) in [6, 6.07) is 11.0. The van der Waals surface area contributed by atoms with Crippen LogP contribution in [0.5, 0.6) is 11.5 Å². The van der Waals surface area contributed by atoms with Crippen molar-refractivity contribution in [2.24, 2.45) is 0 Å². The lowest BCUT2D eigenvalue weighted by Gasteiger charge is -2.09. The molecule has 0 unspecified atom stereocenters. The average molecular weight is 365 g/mol. The van der Waals surface area contributed by atoms with E-state index in [0.29, 0.717) is 15.8 Å². The second-order valence-corrected chi connectivity index (χ2v) is 5.28. The predicted octanol–water partition coefficient (Wildman–Crippen LogP) is 3.20. The molecule has 0 radical (unpaired) electrons. The van der Waals surface area contributed by atoms with Gasteiger partial charge in [0, 0.05) is 4.47 Å². The Bertz CT molecular complexity index is 711. The highest BCUT2D eigenvalue weighted by Crippen LogP contribution is 2.23. The lowest BCUT2D eigenvalue weighted by Crippen LogP contribution is -2.15. The van der Waals surface area contributed by atoms with Gasteiger partial charge in [0.05, 0.1) is 12.7 Å². The van der Waals surface area contributed by atoms with Gasteiger partial charge in [0.25, 0.3) is 0 Å². The van der Waals surface area contributed by atoms with Crippen molar-refractivity contribution in [1.29, 1.82) is 0 Å². The number of phenols is 1. The standard InChI is InChI=1S/C16H13BrO5/c1-21-15-5-3-2-4-11(15)14(19)9-22-16(20)12-8-10(17)6-7-13(12)18/h2-8,18H,9H2,1H3. The van der Waals surface area contributed by atoms with Gasteiger partial charge in [-0.2, -0.15) is 0 Å². The molecule has 0 aliphatic carbocycles. The van der Waals surface area contributed by atoms with E-state index in [0.717, 1.165) is 0 Å². The van der Waals surface area contributed by atoms with E-state index in [1.807, 2.05) is 0 Å². The number of Topliss-reactive ketones (excluding diaryl/α,β-unsaturated/α-hetero) is 1. The largest absolute Gasteiger partial charge is 0.507 e. The van der Waals surface area contributed by atoms with E-state index in [4.69, 9.17) is 9.47 Å². The third kappa shape index (κ3) is 3.65. The number of para-hydroxylation sites is 1. The Labute approximate surface area is 135 Å². The van der Waals surface area contributed by atoms with Crippen LogP contribution in [-0.4, -0.2) is 30.6 Å². The van der Waals surface area contributed by atoms with Gasteiger partial charge in [0.2, 0.25) is 5.78 Å². The Morgan fingerprint density at radius 1 is 1.14 bits per heavy atom. The molecule has 2 rings (SSSR count). The highest BCUT2D eigenvalue weighted by Gasteiger charge is 2.17. The number of ether oxygens (including phenoxy) is 2. The number of ketones is 1. The molecule has 0 bridgehead atoms. The summed E-state index contributed by atoms with van der Waals surface area (Å²) in [7, 11) is 1.46. The topological polar surface area (TPSA) is 72.8 Å².